The number of amides is 1. The quantitative estimate of drug-likeness (QED) is 0.590. The number of hydrogen-bond donors (Lipinski definition) is 2. The van der Waals surface area contributed by atoms with Crippen LogP contribution in [-0.4, -0.2) is 25.0 Å². The van der Waals surface area contributed by atoms with Crippen molar-refractivity contribution in [2.75, 3.05) is 13.1 Å². The number of rotatable bonds is 1. The van der Waals surface area contributed by atoms with Crippen molar-refractivity contribution in [2.45, 2.75) is 31.7 Å². The maximum Gasteiger partial charge on any atom is 0.220 e. The van der Waals surface area contributed by atoms with Gasteiger partial charge in [0.15, 0.2) is 0 Å². The summed E-state index contributed by atoms with van der Waals surface area (Å²) in [5, 5.41) is 6.42. The second-order valence-corrected chi connectivity index (χ2v) is 3.82. The molecule has 2 fully saturated rings. The third-order valence-electron chi connectivity index (χ3n) is 2.93. The third kappa shape index (κ3) is 1.61. The van der Waals surface area contributed by atoms with Gasteiger partial charge in [-0.2, -0.15) is 0 Å². The molecule has 1 amide bonds. The molecule has 0 spiro atoms. The van der Waals surface area contributed by atoms with Crippen molar-refractivity contribution >= 4 is 5.91 Å². The first-order valence-corrected chi connectivity index (χ1v) is 4.86. The summed E-state index contributed by atoms with van der Waals surface area (Å²) in [6, 6.07) is 0.463. The molecule has 2 aliphatic heterocycles. The molecule has 0 saturated carbocycles. The lowest BCUT2D eigenvalue weighted by Gasteiger charge is -2.27. The first-order valence-electron chi connectivity index (χ1n) is 4.86. The van der Waals surface area contributed by atoms with Crippen LogP contribution in [0.2, 0.25) is 0 Å². The van der Waals surface area contributed by atoms with Crippen LogP contribution >= 0.6 is 0 Å². The lowest BCUT2D eigenvalue weighted by molar-refractivity contribution is -0.119. The second-order valence-electron chi connectivity index (χ2n) is 3.82. The van der Waals surface area contributed by atoms with Crippen LogP contribution in [0.15, 0.2) is 0 Å². The van der Waals surface area contributed by atoms with E-state index in [0.717, 1.165) is 25.9 Å². The monoisotopic (exact) mass is 168 g/mol. The topological polar surface area (TPSA) is 41.1 Å². The van der Waals surface area contributed by atoms with Crippen LogP contribution in [-0.2, 0) is 4.79 Å². The summed E-state index contributed by atoms with van der Waals surface area (Å²) < 4.78 is 0. The molecule has 0 unspecified atom stereocenters. The van der Waals surface area contributed by atoms with Gasteiger partial charge in [-0.3, -0.25) is 4.79 Å². The van der Waals surface area contributed by atoms with Gasteiger partial charge in [-0.15, -0.1) is 0 Å². The summed E-state index contributed by atoms with van der Waals surface area (Å²) in [7, 11) is 0. The minimum absolute atomic E-state index is 0.241. The lowest BCUT2D eigenvalue weighted by Crippen LogP contribution is -2.41. The Bertz CT molecular complexity index is 175. The van der Waals surface area contributed by atoms with Crippen LogP contribution in [0.5, 0.6) is 0 Å². The molecular formula is C9H16N2O. The van der Waals surface area contributed by atoms with E-state index < -0.39 is 0 Å². The molecule has 0 aliphatic carbocycles. The standard InChI is InChI=1S/C9H16N2O/c12-9-4-3-8(11-9)7-2-1-5-10-6-7/h7-8,10H,1-6H2,(H,11,12)/t7-,8-/m1/s1. The molecule has 3 nitrogen and oxygen atoms in total. The zero-order valence-corrected chi connectivity index (χ0v) is 7.31. The molecule has 0 aromatic carbocycles. The van der Waals surface area contributed by atoms with Gasteiger partial charge in [-0.25, -0.2) is 0 Å². The zero-order chi connectivity index (χ0) is 8.39. The minimum atomic E-state index is 0.241. The summed E-state index contributed by atoms with van der Waals surface area (Å²) >= 11 is 0. The number of piperidine rings is 1. The molecule has 2 heterocycles. The molecule has 68 valence electrons. The molecule has 2 rings (SSSR count). The highest BCUT2D eigenvalue weighted by Crippen LogP contribution is 2.21. The van der Waals surface area contributed by atoms with E-state index in [9.17, 15) is 4.79 Å². The fourth-order valence-electron chi connectivity index (χ4n) is 2.21. The van der Waals surface area contributed by atoms with E-state index in [-0.39, 0.29) is 5.91 Å². The fraction of sp³-hybridized carbons (Fsp3) is 0.889. The average molecular weight is 168 g/mol. The smallest absolute Gasteiger partial charge is 0.220 e. The maximum atomic E-state index is 11.0. The predicted octanol–water partition coefficient (Wildman–Crippen LogP) is 0.265. The predicted molar refractivity (Wildman–Crippen MR) is 46.8 cm³/mol. The van der Waals surface area contributed by atoms with Crippen LogP contribution in [0.3, 0.4) is 0 Å². The van der Waals surface area contributed by atoms with E-state index in [1.165, 1.54) is 12.8 Å². The van der Waals surface area contributed by atoms with Gasteiger partial charge in [0.25, 0.3) is 0 Å². The molecule has 0 radical (unpaired) electrons. The summed E-state index contributed by atoms with van der Waals surface area (Å²) in [6.07, 6.45) is 4.32. The minimum Gasteiger partial charge on any atom is -0.353 e. The van der Waals surface area contributed by atoms with E-state index in [2.05, 4.69) is 10.6 Å². The van der Waals surface area contributed by atoms with Crippen molar-refractivity contribution in [1.29, 1.82) is 0 Å². The number of nitrogens with one attached hydrogen (secondary N) is 2. The highest BCUT2D eigenvalue weighted by atomic mass is 16.1. The van der Waals surface area contributed by atoms with Crippen LogP contribution in [0.1, 0.15) is 25.7 Å². The lowest BCUT2D eigenvalue weighted by atomic mass is 9.91. The Kier molecular flexibility index (Phi) is 2.30. The van der Waals surface area contributed by atoms with Crippen molar-refractivity contribution < 1.29 is 4.79 Å². The molecule has 2 aliphatic rings. The Morgan fingerprint density at radius 1 is 1.33 bits per heavy atom. The second kappa shape index (κ2) is 3.44. The molecule has 3 heteroatoms. The van der Waals surface area contributed by atoms with Crippen molar-refractivity contribution in [3.63, 3.8) is 0 Å². The van der Waals surface area contributed by atoms with Gasteiger partial charge in [0.05, 0.1) is 0 Å². The van der Waals surface area contributed by atoms with Gasteiger partial charge in [-0.05, 0) is 38.3 Å². The highest BCUT2D eigenvalue weighted by molar-refractivity contribution is 5.78. The Balaban J connectivity index is 1.86. The molecule has 2 saturated heterocycles. The number of carbonyl (C=O) groups is 1. The fourth-order valence-corrected chi connectivity index (χ4v) is 2.21. The van der Waals surface area contributed by atoms with Gasteiger partial charge in [-0.1, -0.05) is 0 Å². The number of hydrogen-bond acceptors (Lipinski definition) is 2. The Morgan fingerprint density at radius 2 is 2.25 bits per heavy atom. The number of carbonyl (C=O) groups excluding carboxylic acids is 1. The van der Waals surface area contributed by atoms with Crippen molar-refractivity contribution in [3.05, 3.63) is 0 Å². The summed E-state index contributed by atoms with van der Waals surface area (Å²) in [6.45, 7) is 2.24. The molecule has 2 atom stereocenters. The SMILES string of the molecule is O=C1CC[C@H]([C@@H]2CCCNC2)N1. The van der Waals surface area contributed by atoms with Crippen LogP contribution in [0.25, 0.3) is 0 Å². The highest BCUT2D eigenvalue weighted by Gasteiger charge is 2.29. The Hall–Kier alpha value is -0.570. The van der Waals surface area contributed by atoms with Gasteiger partial charge in [0.2, 0.25) is 5.91 Å². The van der Waals surface area contributed by atoms with Gasteiger partial charge < -0.3 is 10.6 Å². The normalized spacial score (nSPS) is 36.5. The van der Waals surface area contributed by atoms with E-state index in [4.69, 9.17) is 0 Å². The first kappa shape index (κ1) is 8.05. The molecule has 0 aromatic heterocycles. The molecular weight excluding hydrogens is 152 g/mol. The molecule has 2 N–H and O–H groups in total. The van der Waals surface area contributed by atoms with Crippen LogP contribution < -0.4 is 10.6 Å². The summed E-state index contributed by atoms with van der Waals surface area (Å²) in [5.74, 6) is 0.927. The average Bonchev–Trinajstić information content (AvgIpc) is 2.54. The summed E-state index contributed by atoms with van der Waals surface area (Å²) in [5.41, 5.74) is 0. The molecule has 0 aromatic rings. The van der Waals surface area contributed by atoms with E-state index >= 15 is 0 Å². The Labute approximate surface area is 72.9 Å². The van der Waals surface area contributed by atoms with Crippen molar-refractivity contribution in [2.24, 2.45) is 5.92 Å². The summed E-state index contributed by atoms with van der Waals surface area (Å²) in [4.78, 5) is 11.0. The molecule has 12 heavy (non-hydrogen) atoms. The van der Waals surface area contributed by atoms with Crippen LogP contribution in [0.4, 0.5) is 0 Å². The first-order chi connectivity index (χ1) is 5.86. The van der Waals surface area contributed by atoms with Gasteiger partial charge in [0.1, 0.15) is 0 Å². The van der Waals surface area contributed by atoms with Gasteiger partial charge in [0, 0.05) is 12.5 Å². The van der Waals surface area contributed by atoms with Crippen molar-refractivity contribution in [3.8, 4) is 0 Å². The largest absolute Gasteiger partial charge is 0.353 e. The van der Waals surface area contributed by atoms with E-state index in [1.807, 2.05) is 0 Å². The maximum absolute atomic E-state index is 11.0. The van der Waals surface area contributed by atoms with Gasteiger partial charge >= 0.3 is 0 Å². The van der Waals surface area contributed by atoms with Crippen molar-refractivity contribution in [1.82, 2.24) is 10.6 Å². The third-order valence-corrected chi connectivity index (χ3v) is 2.93. The Morgan fingerprint density at radius 3 is 2.83 bits per heavy atom. The zero-order valence-electron chi connectivity index (χ0n) is 7.31. The van der Waals surface area contributed by atoms with Crippen LogP contribution in [0, 0.1) is 5.92 Å². The van der Waals surface area contributed by atoms with E-state index in [0.29, 0.717) is 12.0 Å². The van der Waals surface area contributed by atoms with E-state index in [1.54, 1.807) is 0 Å². The molecule has 0 bridgehead atoms.